The predicted molar refractivity (Wildman–Crippen MR) is 127 cm³/mol. The Morgan fingerprint density at radius 2 is 1.71 bits per heavy atom. The lowest BCUT2D eigenvalue weighted by atomic mass is 10.1. The highest BCUT2D eigenvalue weighted by molar-refractivity contribution is 7.98. The molecule has 0 aliphatic heterocycles. The van der Waals surface area contributed by atoms with E-state index in [1.54, 1.807) is 4.57 Å². The van der Waals surface area contributed by atoms with Crippen molar-refractivity contribution in [1.29, 1.82) is 0 Å². The number of pyridine rings is 1. The fourth-order valence-corrected chi connectivity index (χ4v) is 4.84. The number of rotatable bonds is 4. The van der Waals surface area contributed by atoms with E-state index in [1.165, 1.54) is 11.8 Å². The van der Waals surface area contributed by atoms with E-state index in [4.69, 9.17) is 16.6 Å². The molecule has 0 bridgehead atoms. The van der Waals surface area contributed by atoms with Gasteiger partial charge in [-0.25, -0.2) is 9.97 Å². The van der Waals surface area contributed by atoms with Crippen LogP contribution in [0.25, 0.3) is 22.2 Å². The summed E-state index contributed by atoms with van der Waals surface area (Å²) in [6.07, 6.45) is 3.79. The number of nitrogens with zero attached hydrogens (tertiary/aromatic N) is 4. The molecule has 31 heavy (non-hydrogen) atoms. The van der Waals surface area contributed by atoms with E-state index < -0.39 is 0 Å². The second-order valence-corrected chi connectivity index (χ2v) is 8.81. The van der Waals surface area contributed by atoms with Crippen LogP contribution in [0.3, 0.4) is 0 Å². The zero-order valence-electron chi connectivity index (χ0n) is 17.0. The lowest BCUT2D eigenvalue weighted by molar-refractivity contribution is 0.808. The summed E-state index contributed by atoms with van der Waals surface area (Å²) in [7, 11) is 0. The van der Waals surface area contributed by atoms with Crippen LogP contribution in [0.15, 0.2) is 76.9 Å². The van der Waals surface area contributed by atoms with Crippen molar-refractivity contribution in [3.8, 4) is 5.69 Å². The minimum Gasteiger partial charge on any atom is -0.305 e. The van der Waals surface area contributed by atoms with Gasteiger partial charge in [-0.2, -0.15) is 0 Å². The third-order valence-electron chi connectivity index (χ3n) is 5.22. The lowest BCUT2D eigenvalue weighted by Crippen LogP contribution is -2.23. The first-order valence-corrected chi connectivity index (χ1v) is 11.2. The first-order valence-electron chi connectivity index (χ1n) is 9.85. The Kier molecular flexibility index (Phi) is 5.04. The molecule has 5 aromatic rings. The monoisotopic (exact) mass is 446 g/mol. The molecule has 0 saturated carbocycles. The highest BCUT2D eigenvalue weighted by Crippen LogP contribution is 2.27. The maximum absolute atomic E-state index is 13.5. The normalized spacial score (nSPS) is 11.5. The number of fused-ring (bicyclic) bond motifs is 2. The number of hydrogen-bond acceptors (Lipinski definition) is 4. The molecule has 2 aromatic carbocycles. The Morgan fingerprint density at radius 1 is 0.935 bits per heavy atom. The Labute approximate surface area is 188 Å². The summed E-state index contributed by atoms with van der Waals surface area (Å²) >= 11 is 7.59. The number of imidazole rings is 1. The maximum Gasteiger partial charge on any atom is 0.266 e. The van der Waals surface area contributed by atoms with Gasteiger partial charge < -0.3 is 4.40 Å². The van der Waals surface area contributed by atoms with Gasteiger partial charge in [0.05, 0.1) is 27.3 Å². The molecule has 0 aliphatic carbocycles. The van der Waals surface area contributed by atoms with Crippen LogP contribution in [0.2, 0.25) is 5.02 Å². The van der Waals surface area contributed by atoms with Crippen molar-refractivity contribution >= 4 is 39.9 Å². The van der Waals surface area contributed by atoms with Crippen molar-refractivity contribution in [3.63, 3.8) is 0 Å². The average molecular weight is 447 g/mol. The summed E-state index contributed by atoms with van der Waals surface area (Å²) in [5.41, 5.74) is 5.30. The van der Waals surface area contributed by atoms with Crippen molar-refractivity contribution in [2.24, 2.45) is 0 Å². The third kappa shape index (κ3) is 3.62. The molecule has 7 heteroatoms. The first kappa shape index (κ1) is 19.8. The SMILES string of the molecule is Cc1cccc(C)c1-n1c(SCc2cn3cc(Cl)ccc3n2)nc2ccccc2c1=O. The summed E-state index contributed by atoms with van der Waals surface area (Å²) in [6, 6.07) is 17.2. The molecule has 0 saturated heterocycles. The lowest BCUT2D eigenvalue weighted by Gasteiger charge is -2.17. The van der Waals surface area contributed by atoms with Gasteiger partial charge >= 0.3 is 0 Å². The molecular weight excluding hydrogens is 428 g/mol. The molecule has 3 aromatic heterocycles. The molecule has 3 heterocycles. The quantitative estimate of drug-likeness (QED) is 0.266. The maximum atomic E-state index is 13.5. The summed E-state index contributed by atoms with van der Waals surface area (Å²) in [5.74, 6) is 0.578. The van der Waals surface area contributed by atoms with Gasteiger partial charge in [-0.1, -0.05) is 53.7 Å². The smallest absolute Gasteiger partial charge is 0.266 e. The van der Waals surface area contributed by atoms with E-state index in [0.717, 1.165) is 28.2 Å². The van der Waals surface area contributed by atoms with E-state index in [-0.39, 0.29) is 5.56 Å². The minimum absolute atomic E-state index is 0.0627. The van der Waals surface area contributed by atoms with E-state index in [0.29, 0.717) is 26.8 Å². The Hall–Kier alpha value is -3.09. The van der Waals surface area contributed by atoms with Crippen LogP contribution in [0.4, 0.5) is 0 Å². The van der Waals surface area contributed by atoms with Crippen LogP contribution in [0.5, 0.6) is 0 Å². The molecule has 0 N–H and O–H groups in total. The molecular formula is C24H19ClN4OS. The number of aryl methyl sites for hydroxylation is 2. The summed E-state index contributed by atoms with van der Waals surface area (Å²) in [4.78, 5) is 23.0. The molecule has 154 valence electrons. The van der Waals surface area contributed by atoms with Crippen molar-refractivity contribution in [2.45, 2.75) is 24.8 Å². The van der Waals surface area contributed by atoms with E-state index >= 15 is 0 Å². The van der Waals surface area contributed by atoms with Crippen LogP contribution in [0, 0.1) is 13.8 Å². The average Bonchev–Trinajstić information content (AvgIpc) is 3.16. The number of hydrogen-bond donors (Lipinski definition) is 0. The molecule has 0 fully saturated rings. The van der Waals surface area contributed by atoms with Crippen LogP contribution < -0.4 is 5.56 Å². The standard InChI is InChI=1S/C24H19ClN4OS/c1-15-6-5-7-16(2)22(15)29-23(30)19-8-3-4-9-20(19)27-24(29)31-14-18-13-28-12-17(25)10-11-21(28)26-18/h3-13H,14H2,1-2H3. The van der Waals surface area contributed by atoms with Crippen LogP contribution >= 0.6 is 23.4 Å². The van der Waals surface area contributed by atoms with E-state index in [1.807, 2.05) is 85.2 Å². The van der Waals surface area contributed by atoms with Crippen molar-refractivity contribution < 1.29 is 0 Å². The zero-order valence-corrected chi connectivity index (χ0v) is 18.6. The summed E-state index contributed by atoms with van der Waals surface area (Å²) < 4.78 is 3.65. The van der Waals surface area contributed by atoms with Gasteiger partial charge in [-0.15, -0.1) is 0 Å². The van der Waals surface area contributed by atoms with Crippen LogP contribution in [-0.2, 0) is 5.75 Å². The summed E-state index contributed by atoms with van der Waals surface area (Å²) in [5, 5.41) is 1.91. The van der Waals surface area contributed by atoms with Crippen molar-refractivity contribution in [3.05, 3.63) is 99.2 Å². The molecule has 5 rings (SSSR count). The molecule has 5 nitrogen and oxygen atoms in total. The first-order chi connectivity index (χ1) is 15.0. The Balaban J connectivity index is 1.63. The number of para-hydroxylation sites is 2. The fourth-order valence-electron chi connectivity index (χ4n) is 3.79. The highest BCUT2D eigenvalue weighted by atomic mass is 35.5. The van der Waals surface area contributed by atoms with Gasteiger partial charge in [0, 0.05) is 18.1 Å². The topological polar surface area (TPSA) is 52.2 Å². The molecule has 0 spiro atoms. The van der Waals surface area contributed by atoms with E-state index in [2.05, 4.69) is 4.98 Å². The minimum atomic E-state index is -0.0627. The van der Waals surface area contributed by atoms with Crippen molar-refractivity contribution in [2.75, 3.05) is 0 Å². The fraction of sp³-hybridized carbons (Fsp3) is 0.125. The number of thioether (sulfide) groups is 1. The second kappa shape index (κ2) is 7.87. The second-order valence-electron chi connectivity index (χ2n) is 7.43. The molecule has 0 radical (unpaired) electrons. The highest BCUT2D eigenvalue weighted by Gasteiger charge is 2.17. The van der Waals surface area contributed by atoms with Gasteiger partial charge in [-0.05, 0) is 49.2 Å². The summed E-state index contributed by atoms with van der Waals surface area (Å²) in [6.45, 7) is 4.04. The molecule has 0 atom stereocenters. The number of aromatic nitrogens is 4. The Morgan fingerprint density at radius 3 is 2.52 bits per heavy atom. The van der Waals surface area contributed by atoms with Crippen molar-refractivity contribution in [1.82, 2.24) is 18.9 Å². The van der Waals surface area contributed by atoms with Crippen LogP contribution in [0.1, 0.15) is 16.8 Å². The Bertz CT molecular complexity index is 1490. The number of benzene rings is 2. The van der Waals surface area contributed by atoms with Crippen LogP contribution in [-0.4, -0.2) is 18.9 Å². The van der Waals surface area contributed by atoms with Gasteiger partial charge in [0.1, 0.15) is 5.65 Å². The molecule has 0 aliphatic rings. The van der Waals surface area contributed by atoms with Gasteiger partial charge in [-0.3, -0.25) is 9.36 Å². The third-order valence-corrected chi connectivity index (χ3v) is 6.42. The molecule has 0 amide bonds. The molecule has 0 unspecified atom stereocenters. The predicted octanol–water partition coefficient (Wildman–Crippen LogP) is 5.60. The van der Waals surface area contributed by atoms with Gasteiger partial charge in [0.25, 0.3) is 5.56 Å². The number of halogens is 1. The zero-order chi connectivity index (χ0) is 21.5. The van der Waals surface area contributed by atoms with E-state index in [9.17, 15) is 4.79 Å². The van der Waals surface area contributed by atoms with Gasteiger partial charge in [0.15, 0.2) is 5.16 Å². The largest absolute Gasteiger partial charge is 0.305 e. The van der Waals surface area contributed by atoms with Gasteiger partial charge in [0.2, 0.25) is 0 Å².